The highest BCUT2D eigenvalue weighted by Gasteiger charge is 2.28. The first kappa shape index (κ1) is 22.4. The zero-order valence-electron chi connectivity index (χ0n) is 18.6. The topological polar surface area (TPSA) is 87.1 Å². The van der Waals surface area contributed by atoms with E-state index < -0.39 is 5.97 Å². The molecule has 1 aromatic carbocycles. The molecule has 166 valence electrons. The van der Waals surface area contributed by atoms with Gasteiger partial charge in [-0.2, -0.15) is 0 Å². The predicted octanol–water partition coefficient (Wildman–Crippen LogP) is 3.38. The summed E-state index contributed by atoms with van der Waals surface area (Å²) in [5.41, 5.74) is 2.53. The van der Waals surface area contributed by atoms with Gasteiger partial charge < -0.3 is 23.7 Å². The minimum absolute atomic E-state index is 0.0862. The monoisotopic (exact) mass is 428 g/mol. The van der Waals surface area contributed by atoms with Crippen molar-refractivity contribution in [2.75, 3.05) is 27.0 Å². The van der Waals surface area contributed by atoms with Crippen LogP contribution in [0.15, 0.2) is 18.2 Å². The van der Waals surface area contributed by atoms with Crippen LogP contribution in [0, 0.1) is 13.8 Å². The first-order chi connectivity index (χ1) is 14.8. The minimum Gasteiger partial charge on any atom is -0.464 e. The van der Waals surface area contributed by atoms with Crippen LogP contribution in [0.4, 0.5) is 0 Å². The van der Waals surface area contributed by atoms with Crippen molar-refractivity contribution < 1.29 is 28.6 Å². The Hall–Kier alpha value is -3.29. The largest absolute Gasteiger partial charge is 0.464 e. The number of nitrogens with zero attached hydrogens (tertiary/aromatic N) is 2. The lowest BCUT2D eigenvalue weighted by Crippen LogP contribution is -2.36. The lowest BCUT2D eigenvalue weighted by molar-refractivity contribution is 0.0587. The number of fused-ring (bicyclic) bond motifs is 1. The molecule has 1 aromatic heterocycles. The Morgan fingerprint density at radius 2 is 1.84 bits per heavy atom. The number of ether oxygens (including phenoxy) is 3. The predicted molar refractivity (Wildman–Crippen MR) is 114 cm³/mol. The first-order valence-electron chi connectivity index (χ1n) is 10.3. The summed E-state index contributed by atoms with van der Waals surface area (Å²) < 4.78 is 17.3. The number of methoxy groups -OCH3 is 1. The third kappa shape index (κ3) is 4.15. The Balaban J connectivity index is 1.90. The van der Waals surface area contributed by atoms with E-state index in [-0.39, 0.29) is 25.0 Å². The average Bonchev–Trinajstić information content (AvgIpc) is 3.33. The van der Waals surface area contributed by atoms with E-state index >= 15 is 0 Å². The number of carbonyl (C=O) groups is 3. The highest BCUT2D eigenvalue weighted by molar-refractivity contribution is 6.06. The van der Waals surface area contributed by atoms with Crippen LogP contribution in [-0.4, -0.2) is 54.1 Å². The summed E-state index contributed by atoms with van der Waals surface area (Å²) in [5.74, 6) is 0.158. The van der Waals surface area contributed by atoms with Crippen LogP contribution in [0.3, 0.4) is 0 Å². The van der Waals surface area contributed by atoms with Crippen LogP contribution in [-0.2, 0) is 11.3 Å². The molecule has 0 bridgehead atoms. The summed E-state index contributed by atoms with van der Waals surface area (Å²) in [5, 5.41) is 0. The van der Waals surface area contributed by atoms with E-state index in [1.807, 2.05) is 13.8 Å². The molecule has 1 aliphatic rings. The van der Waals surface area contributed by atoms with Crippen molar-refractivity contribution in [3.63, 3.8) is 0 Å². The lowest BCUT2D eigenvalue weighted by Gasteiger charge is -2.22. The first-order valence-corrected chi connectivity index (χ1v) is 10.3. The Bertz CT molecular complexity index is 1020. The molecule has 2 heterocycles. The van der Waals surface area contributed by atoms with Crippen molar-refractivity contribution in [2.24, 2.45) is 0 Å². The van der Waals surface area contributed by atoms with E-state index in [1.54, 1.807) is 36.6 Å². The van der Waals surface area contributed by atoms with Crippen molar-refractivity contribution >= 4 is 17.7 Å². The van der Waals surface area contributed by atoms with Gasteiger partial charge in [0.2, 0.25) is 6.79 Å². The minimum atomic E-state index is -0.483. The van der Waals surface area contributed by atoms with E-state index in [1.165, 1.54) is 12.0 Å². The van der Waals surface area contributed by atoms with Crippen molar-refractivity contribution in [3.05, 3.63) is 46.3 Å². The molecule has 8 heteroatoms. The highest BCUT2D eigenvalue weighted by atomic mass is 16.7. The van der Waals surface area contributed by atoms with Crippen molar-refractivity contribution in [1.29, 1.82) is 0 Å². The fourth-order valence-corrected chi connectivity index (χ4v) is 4.05. The molecule has 0 saturated carbocycles. The number of Topliss-reactive ketones (excluding diaryl/α,β-unsaturated/α-hetero) is 1. The number of benzene rings is 1. The van der Waals surface area contributed by atoms with Crippen molar-refractivity contribution in [2.45, 2.75) is 40.7 Å². The summed E-state index contributed by atoms with van der Waals surface area (Å²) >= 11 is 0. The maximum atomic E-state index is 13.3. The third-order valence-corrected chi connectivity index (χ3v) is 5.48. The number of ketones is 1. The van der Waals surface area contributed by atoms with Gasteiger partial charge >= 0.3 is 5.97 Å². The summed E-state index contributed by atoms with van der Waals surface area (Å²) in [6.45, 7) is 8.39. The van der Waals surface area contributed by atoms with Gasteiger partial charge in [0.05, 0.1) is 13.7 Å². The molecule has 0 fully saturated rings. The van der Waals surface area contributed by atoms with E-state index in [9.17, 15) is 14.4 Å². The SMILES string of the molecule is CCCN(CC(=O)c1c(C)c(C(=O)OC)n(CC)c1C)C(=O)c1ccc2c(c1)OCO2. The number of aromatic nitrogens is 1. The van der Waals surface area contributed by atoms with Gasteiger partial charge in [0, 0.05) is 29.9 Å². The summed E-state index contributed by atoms with van der Waals surface area (Å²) in [6.07, 6.45) is 0.699. The number of esters is 1. The van der Waals surface area contributed by atoms with E-state index in [4.69, 9.17) is 14.2 Å². The van der Waals surface area contributed by atoms with Crippen LogP contribution in [0.5, 0.6) is 11.5 Å². The zero-order chi connectivity index (χ0) is 22.7. The van der Waals surface area contributed by atoms with E-state index in [2.05, 4.69) is 0 Å². The smallest absolute Gasteiger partial charge is 0.354 e. The highest BCUT2D eigenvalue weighted by Crippen LogP contribution is 2.33. The molecule has 1 amide bonds. The fourth-order valence-electron chi connectivity index (χ4n) is 4.05. The maximum Gasteiger partial charge on any atom is 0.354 e. The molecule has 3 rings (SSSR count). The van der Waals surface area contributed by atoms with Crippen LogP contribution >= 0.6 is 0 Å². The van der Waals surface area contributed by atoms with E-state index in [0.29, 0.717) is 59.1 Å². The molecule has 0 radical (unpaired) electrons. The number of carbonyl (C=O) groups excluding carboxylic acids is 3. The fraction of sp³-hybridized carbons (Fsp3) is 0.435. The van der Waals surface area contributed by atoms with Crippen LogP contribution in [0.2, 0.25) is 0 Å². The molecule has 8 nitrogen and oxygen atoms in total. The summed E-state index contributed by atoms with van der Waals surface area (Å²) in [7, 11) is 1.32. The number of amides is 1. The summed E-state index contributed by atoms with van der Waals surface area (Å²) in [4.78, 5) is 40.2. The van der Waals surface area contributed by atoms with Gasteiger partial charge in [-0.05, 0) is 51.0 Å². The number of hydrogen-bond donors (Lipinski definition) is 0. The molecule has 0 unspecified atom stereocenters. The number of rotatable bonds is 8. The van der Waals surface area contributed by atoms with Crippen LogP contribution < -0.4 is 9.47 Å². The Morgan fingerprint density at radius 1 is 1.13 bits per heavy atom. The van der Waals surface area contributed by atoms with Gasteiger partial charge in [0.15, 0.2) is 17.3 Å². The van der Waals surface area contributed by atoms with Gasteiger partial charge in [-0.25, -0.2) is 4.79 Å². The second kappa shape index (κ2) is 9.24. The second-order valence-electron chi connectivity index (χ2n) is 7.39. The van der Waals surface area contributed by atoms with Crippen LogP contribution in [0.1, 0.15) is 62.7 Å². The molecule has 0 aliphatic carbocycles. The number of hydrogen-bond acceptors (Lipinski definition) is 6. The molecular formula is C23H28N2O6. The Kier molecular flexibility index (Phi) is 6.68. The lowest BCUT2D eigenvalue weighted by atomic mass is 10.0. The molecule has 0 atom stereocenters. The summed E-state index contributed by atoms with van der Waals surface area (Å²) in [6, 6.07) is 5.00. The van der Waals surface area contributed by atoms with Crippen molar-refractivity contribution in [1.82, 2.24) is 9.47 Å². The van der Waals surface area contributed by atoms with Gasteiger partial charge in [-0.3, -0.25) is 9.59 Å². The maximum absolute atomic E-state index is 13.3. The van der Waals surface area contributed by atoms with Gasteiger partial charge in [0.25, 0.3) is 5.91 Å². The Labute approximate surface area is 181 Å². The van der Waals surface area contributed by atoms with Gasteiger partial charge in [-0.1, -0.05) is 6.92 Å². The zero-order valence-corrected chi connectivity index (χ0v) is 18.6. The standard InChI is InChI=1S/C23H28N2O6/c1-6-10-24(22(27)16-8-9-18-19(11-16)31-13-30-18)12-17(26)20-14(3)21(23(28)29-5)25(7-2)15(20)4/h8-9,11H,6-7,10,12-13H2,1-5H3. The molecule has 31 heavy (non-hydrogen) atoms. The van der Waals surface area contributed by atoms with Gasteiger partial charge in [-0.15, -0.1) is 0 Å². The van der Waals surface area contributed by atoms with Crippen molar-refractivity contribution in [3.8, 4) is 11.5 Å². The third-order valence-electron chi connectivity index (χ3n) is 5.48. The quantitative estimate of drug-likeness (QED) is 0.473. The average molecular weight is 428 g/mol. The normalized spacial score (nSPS) is 12.0. The van der Waals surface area contributed by atoms with Crippen LogP contribution in [0.25, 0.3) is 0 Å². The van der Waals surface area contributed by atoms with Gasteiger partial charge in [0.1, 0.15) is 5.69 Å². The molecule has 1 aliphatic heterocycles. The molecule has 0 N–H and O–H groups in total. The molecule has 2 aromatic rings. The molecule has 0 spiro atoms. The molecule has 0 saturated heterocycles. The second-order valence-corrected chi connectivity index (χ2v) is 7.39. The molecular weight excluding hydrogens is 400 g/mol. The Morgan fingerprint density at radius 3 is 2.48 bits per heavy atom. The van der Waals surface area contributed by atoms with E-state index in [0.717, 1.165) is 0 Å².